The van der Waals surface area contributed by atoms with Crippen molar-refractivity contribution >= 4 is 33.0 Å². The molecule has 0 amide bonds. The molecule has 0 saturated carbocycles. The Morgan fingerprint density at radius 3 is 1.86 bits per heavy atom. The van der Waals surface area contributed by atoms with Gasteiger partial charge >= 0.3 is 0 Å². The van der Waals surface area contributed by atoms with Gasteiger partial charge in [-0.15, -0.1) is 0 Å². The molecule has 0 aliphatic heterocycles. The molecule has 0 atom stereocenters. The highest BCUT2D eigenvalue weighted by Crippen LogP contribution is 2.29. The number of hydrogen-bond acceptors (Lipinski definition) is 5. The van der Waals surface area contributed by atoms with Crippen molar-refractivity contribution in [1.29, 1.82) is 0 Å². The van der Waals surface area contributed by atoms with Gasteiger partial charge in [0.25, 0.3) is 10.0 Å². The van der Waals surface area contributed by atoms with Crippen LogP contribution in [0.4, 0.5) is 11.4 Å². The van der Waals surface area contributed by atoms with Crippen molar-refractivity contribution in [1.82, 2.24) is 0 Å². The lowest BCUT2D eigenvalue weighted by atomic mass is 9.84. The van der Waals surface area contributed by atoms with Crippen LogP contribution < -0.4 is 9.62 Å². The van der Waals surface area contributed by atoms with E-state index in [1.807, 2.05) is 19.0 Å². The summed E-state index contributed by atoms with van der Waals surface area (Å²) in [6.45, 7) is 0. The van der Waals surface area contributed by atoms with Gasteiger partial charge in [-0.2, -0.15) is 0 Å². The van der Waals surface area contributed by atoms with Gasteiger partial charge in [-0.05, 0) is 42.5 Å². The van der Waals surface area contributed by atoms with Crippen LogP contribution in [-0.4, -0.2) is 34.1 Å². The Balaban J connectivity index is 1.69. The lowest BCUT2D eigenvalue weighted by Crippen LogP contribution is -2.22. The normalized spacial score (nSPS) is 12.9. The standard InChI is InChI=1S/C22H18N2O4S/c1-24(2)15-9-7-14(8-10-15)23-29(27,28)16-11-12-19-20(13-16)22(26)18-6-4-3-5-17(18)21(19)25/h3-13,23H,1-2H3. The third-order valence-corrected chi connectivity index (χ3v) is 6.22. The summed E-state index contributed by atoms with van der Waals surface area (Å²) >= 11 is 0. The molecule has 0 spiro atoms. The summed E-state index contributed by atoms with van der Waals surface area (Å²) in [7, 11) is -0.142. The van der Waals surface area contributed by atoms with E-state index in [2.05, 4.69) is 4.72 Å². The molecule has 0 radical (unpaired) electrons. The van der Waals surface area contributed by atoms with Crippen LogP contribution >= 0.6 is 0 Å². The lowest BCUT2D eigenvalue weighted by Gasteiger charge is -2.18. The molecule has 0 saturated heterocycles. The maximum atomic E-state index is 12.8. The van der Waals surface area contributed by atoms with Gasteiger partial charge in [0.1, 0.15) is 0 Å². The van der Waals surface area contributed by atoms with E-state index >= 15 is 0 Å². The molecule has 1 aliphatic rings. The summed E-state index contributed by atoms with van der Waals surface area (Å²) in [6.07, 6.45) is 0. The molecule has 3 aromatic carbocycles. The molecule has 146 valence electrons. The fourth-order valence-corrected chi connectivity index (χ4v) is 4.37. The lowest BCUT2D eigenvalue weighted by molar-refractivity contribution is 0.0979. The second-order valence-electron chi connectivity index (χ2n) is 6.96. The molecule has 0 bridgehead atoms. The summed E-state index contributed by atoms with van der Waals surface area (Å²) < 4.78 is 28.2. The van der Waals surface area contributed by atoms with E-state index in [0.717, 1.165) is 5.69 Å². The highest BCUT2D eigenvalue weighted by atomic mass is 32.2. The Kier molecular flexibility index (Phi) is 4.47. The van der Waals surface area contributed by atoms with Crippen molar-refractivity contribution in [3.8, 4) is 0 Å². The monoisotopic (exact) mass is 406 g/mol. The number of ketones is 2. The van der Waals surface area contributed by atoms with Crippen molar-refractivity contribution < 1.29 is 18.0 Å². The number of nitrogens with zero attached hydrogens (tertiary/aromatic N) is 1. The SMILES string of the molecule is CN(C)c1ccc(NS(=O)(=O)c2ccc3c(c2)C(=O)c2ccccc2C3=O)cc1. The molecule has 1 aliphatic carbocycles. The Hall–Kier alpha value is -3.45. The van der Waals surface area contributed by atoms with Crippen LogP contribution in [0.1, 0.15) is 31.8 Å². The summed E-state index contributed by atoms with van der Waals surface area (Å²) in [5.74, 6) is -0.644. The van der Waals surface area contributed by atoms with E-state index in [9.17, 15) is 18.0 Å². The fraction of sp³-hybridized carbons (Fsp3) is 0.0909. The smallest absolute Gasteiger partial charge is 0.261 e. The first-order valence-electron chi connectivity index (χ1n) is 8.90. The quantitative estimate of drug-likeness (QED) is 0.562. The van der Waals surface area contributed by atoms with Gasteiger partial charge in [0.2, 0.25) is 0 Å². The van der Waals surface area contributed by atoms with E-state index in [1.165, 1.54) is 18.2 Å². The first-order valence-corrected chi connectivity index (χ1v) is 10.4. The summed E-state index contributed by atoms with van der Waals surface area (Å²) in [6, 6.07) is 17.5. The Labute approximate surface area is 168 Å². The van der Waals surface area contributed by atoms with Crippen LogP contribution in [0.2, 0.25) is 0 Å². The Morgan fingerprint density at radius 2 is 1.28 bits per heavy atom. The van der Waals surface area contributed by atoms with Crippen molar-refractivity contribution in [2.75, 3.05) is 23.7 Å². The van der Waals surface area contributed by atoms with Gasteiger partial charge in [0.15, 0.2) is 11.6 Å². The second-order valence-corrected chi connectivity index (χ2v) is 8.64. The van der Waals surface area contributed by atoms with Crippen molar-refractivity contribution in [3.05, 3.63) is 89.0 Å². The zero-order valence-corrected chi connectivity index (χ0v) is 16.7. The van der Waals surface area contributed by atoms with Crippen LogP contribution in [0.15, 0.2) is 71.6 Å². The number of carbonyl (C=O) groups is 2. The molecule has 0 aromatic heterocycles. The second kappa shape index (κ2) is 6.86. The molecule has 0 fully saturated rings. The zero-order chi connectivity index (χ0) is 20.8. The van der Waals surface area contributed by atoms with E-state index < -0.39 is 10.0 Å². The minimum Gasteiger partial charge on any atom is -0.378 e. The van der Waals surface area contributed by atoms with Crippen LogP contribution in [0.5, 0.6) is 0 Å². The van der Waals surface area contributed by atoms with E-state index in [0.29, 0.717) is 11.3 Å². The maximum Gasteiger partial charge on any atom is 0.261 e. The minimum absolute atomic E-state index is 0.0755. The number of fused-ring (bicyclic) bond motifs is 2. The maximum absolute atomic E-state index is 12.8. The topological polar surface area (TPSA) is 83.6 Å². The molecule has 4 rings (SSSR count). The van der Waals surface area contributed by atoms with Crippen LogP contribution in [-0.2, 0) is 10.0 Å². The first-order chi connectivity index (χ1) is 13.8. The molecule has 0 heterocycles. The summed E-state index contributed by atoms with van der Waals surface area (Å²) in [5, 5.41) is 0. The third-order valence-electron chi connectivity index (χ3n) is 4.84. The minimum atomic E-state index is -3.93. The van der Waals surface area contributed by atoms with E-state index in [1.54, 1.807) is 48.5 Å². The van der Waals surface area contributed by atoms with Crippen molar-refractivity contribution in [3.63, 3.8) is 0 Å². The number of benzene rings is 3. The molecular formula is C22H18N2O4S. The van der Waals surface area contributed by atoms with Crippen molar-refractivity contribution in [2.45, 2.75) is 4.90 Å². The highest BCUT2D eigenvalue weighted by molar-refractivity contribution is 7.92. The van der Waals surface area contributed by atoms with E-state index in [4.69, 9.17) is 0 Å². The van der Waals surface area contributed by atoms with Gasteiger partial charge in [-0.1, -0.05) is 24.3 Å². The first kappa shape index (κ1) is 18.9. The molecule has 7 heteroatoms. The van der Waals surface area contributed by atoms with Crippen LogP contribution in [0.25, 0.3) is 0 Å². The van der Waals surface area contributed by atoms with Gasteiger partial charge in [0.05, 0.1) is 4.90 Å². The van der Waals surface area contributed by atoms with Gasteiger partial charge in [-0.3, -0.25) is 14.3 Å². The van der Waals surface area contributed by atoms with Crippen LogP contribution in [0, 0.1) is 0 Å². The molecule has 6 nitrogen and oxygen atoms in total. The van der Waals surface area contributed by atoms with Gasteiger partial charge in [0, 0.05) is 47.7 Å². The third kappa shape index (κ3) is 3.30. The Bertz CT molecular complexity index is 1250. The van der Waals surface area contributed by atoms with Crippen molar-refractivity contribution in [2.24, 2.45) is 0 Å². The molecular weight excluding hydrogens is 388 g/mol. The largest absolute Gasteiger partial charge is 0.378 e. The highest BCUT2D eigenvalue weighted by Gasteiger charge is 2.30. The van der Waals surface area contributed by atoms with E-state index in [-0.39, 0.29) is 33.2 Å². The van der Waals surface area contributed by atoms with Gasteiger partial charge in [-0.25, -0.2) is 8.42 Å². The number of rotatable bonds is 4. The number of nitrogens with one attached hydrogen (secondary N) is 1. The molecule has 3 aromatic rings. The average Bonchev–Trinajstić information content (AvgIpc) is 2.71. The van der Waals surface area contributed by atoms with Gasteiger partial charge < -0.3 is 4.90 Å². The summed E-state index contributed by atoms with van der Waals surface area (Å²) in [5.41, 5.74) is 2.26. The Morgan fingerprint density at radius 1 is 0.724 bits per heavy atom. The molecule has 29 heavy (non-hydrogen) atoms. The molecule has 1 N–H and O–H groups in total. The predicted octanol–water partition coefficient (Wildman–Crippen LogP) is 3.33. The molecule has 0 unspecified atom stereocenters. The van der Waals surface area contributed by atoms with Crippen LogP contribution in [0.3, 0.4) is 0 Å². The average molecular weight is 406 g/mol. The number of sulfonamides is 1. The number of carbonyl (C=O) groups excluding carboxylic acids is 2. The fourth-order valence-electron chi connectivity index (χ4n) is 3.29. The summed E-state index contributed by atoms with van der Waals surface area (Å²) in [4.78, 5) is 27.3. The number of anilines is 2. The zero-order valence-electron chi connectivity index (χ0n) is 15.8. The predicted molar refractivity (Wildman–Crippen MR) is 111 cm³/mol. The number of hydrogen-bond donors (Lipinski definition) is 1.